The minimum atomic E-state index is -1.23. The highest BCUT2D eigenvalue weighted by atomic mass is 16.7. The first-order valence-corrected chi connectivity index (χ1v) is 4.61. The van der Waals surface area contributed by atoms with Crippen molar-refractivity contribution in [2.45, 2.75) is 26.5 Å². The van der Waals surface area contributed by atoms with Gasteiger partial charge in [-0.1, -0.05) is 13.8 Å². The summed E-state index contributed by atoms with van der Waals surface area (Å²) in [5, 5.41) is 10.5. The van der Waals surface area contributed by atoms with Gasteiger partial charge in [0, 0.05) is 13.1 Å². The monoisotopic (exact) mass is 202 g/mol. The number of nitro groups is 1. The fourth-order valence-corrected chi connectivity index (χ4v) is 1.10. The maximum Gasteiger partial charge on any atom is 0.414 e. The number of carbonyl (C=O) groups excluding carboxylic acids is 1. The van der Waals surface area contributed by atoms with Gasteiger partial charge in [-0.25, -0.2) is 4.79 Å². The number of likely N-dealkylation sites (tertiary alicyclic amines) is 1. The second-order valence-electron chi connectivity index (χ2n) is 3.64. The van der Waals surface area contributed by atoms with Crippen LogP contribution in [0.3, 0.4) is 0 Å². The van der Waals surface area contributed by atoms with Crippen molar-refractivity contribution in [3.05, 3.63) is 10.1 Å². The van der Waals surface area contributed by atoms with E-state index in [1.165, 1.54) is 4.90 Å². The van der Waals surface area contributed by atoms with Gasteiger partial charge in [0.05, 0.1) is 10.8 Å². The Morgan fingerprint density at radius 1 is 1.50 bits per heavy atom. The smallest absolute Gasteiger partial charge is 0.381 e. The van der Waals surface area contributed by atoms with E-state index in [9.17, 15) is 14.9 Å². The Balaban J connectivity index is 2.46. The summed E-state index contributed by atoms with van der Waals surface area (Å²) in [7, 11) is 0. The Bertz CT molecular complexity index is 237. The predicted octanol–water partition coefficient (Wildman–Crippen LogP) is 1.09. The van der Waals surface area contributed by atoms with Gasteiger partial charge in [-0.3, -0.25) is 10.1 Å². The number of hydrogen-bond donors (Lipinski definition) is 0. The van der Waals surface area contributed by atoms with E-state index in [1.807, 2.05) is 0 Å². The number of nitrogens with zero attached hydrogens (tertiary/aromatic N) is 2. The molecule has 0 aromatic rings. The number of rotatable bonds is 3. The average Bonchev–Trinajstić information content (AvgIpc) is 1.95. The van der Waals surface area contributed by atoms with Gasteiger partial charge >= 0.3 is 12.3 Å². The number of carbonyl (C=O) groups is 1. The van der Waals surface area contributed by atoms with Gasteiger partial charge in [0.25, 0.3) is 0 Å². The zero-order valence-electron chi connectivity index (χ0n) is 8.30. The van der Waals surface area contributed by atoms with Crippen LogP contribution in [0, 0.1) is 16.0 Å². The molecular weight excluding hydrogens is 188 g/mol. The van der Waals surface area contributed by atoms with Crippen molar-refractivity contribution in [1.82, 2.24) is 4.90 Å². The number of ether oxygens (including phenoxy) is 1. The molecule has 1 fully saturated rings. The summed E-state index contributed by atoms with van der Waals surface area (Å²) in [4.78, 5) is 22.6. The fourth-order valence-electron chi connectivity index (χ4n) is 1.10. The van der Waals surface area contributed by atoms with Crippen LogP contribution in [0.15, 0.2) is 0 Å². The molecule has 1 rings (SSSR count). The molecule has 1 atom stereocenters. The number of amides is 1. The summed E-state index contributed by atoms with van der Waals surface area (Å²) in [5.41, 5.74) is 0. The van der Waals surface area contributed by atoms with Crippen LogP contribution in [-0.2, 0) is 4.74 Å². The molecule has 6 nitrogen and oxygen atoms in total. The first-order valence-electron chi connectivity index (χ1n) is 4.61. The molecule has 0 N–H and O–H groups in total. The topological polar surface area (TPSA) is 72.7 Å². The van der Waals surface area contributed by atoms with Gasteiger partial charge < -0.3 is 9.64 Å². The lowest BCUT2D eigenvalue weighted by Gasteiger charge is -2.30. The minimum absolute atomic E-state index is 0.310. The zero-order chi connectivity index (χ0) is 10.7. The van der Waals surface area contributed by atoms with Crippen LogP contribution in [-0.4, -0.2) is 35.2 Å². The van der Waals surface area contributed by atoms with Crippen molar-refractivity contribution >= 4 is 6.09 Å². The predicted molar refractivity (Wildman–Crippen MR) is 48.3 cm³/mol. The minimum Gasteiger partial charge on any atom is -0.381 e. The van der Waals surface area contributed by atoms with Gasteiger partial charge in [-0.15, -0.1) is 0 Å². The van der Waals surface area contributed by atoms with E-state index in [0.717, 1.165) is 6.42 Å². The Kier molecular flexibility index (Phi) is 3.27. The molecule has 1 aliphatic heterocycles. The summed E-state index contributed by atoms with van der Waals surface area (Å²) < 4.78 is 4.77. The van der Waals surface area contributed by atoms with Crippen LogP contribution < -0.4 is 0 Å². The second kappa shape index (κ2) is 4.26. The summed E-state index contributed by atoms with van der Waals surface area (Å²) >= 11 is 0. The van der Waals surface area contributed by atoms with Gasteiger partial charge in [0.15, 0.2) is 0 Å². The average molecular weight is 202 g/mol. The lowest BCUT2D eigenvalue weighted by Crippen LogP contribution is -2.45. The Hall–Kier alpha value is -1.33. The molecule has 0 radical (unpaired) electrons. The van der Waals surface area contributed by atoms with Crippen LogP contribution in [0.5, 0.6) is 0 Å². The molecule has 1 heterocycles. The highest BCUT2D eigenvalue weighted by Gasteiger charge is 2.32. The summed E-state index contributed by atoms with van der Waals surface area (Å²) in [6, 6.07) is 0. The highest BCUT2D eigenvalue weighted by Crippen LogP contribution is 2.13. The third-order valence-electron chi connectivity index (χ3n) is 2.11. The summed E-state index contributed by atoms with van der Waals surface area (Å²) in [6.07, 6.45) is -0.866. The molecule has 0 bridgehead atoms. The van der Waals surface area contributed by atoms with Gasteiger partial charge in [0.1, 0.15) is 0 Å². The quantitative estimate of drug-likeness (QED) is 0.390. The standard InChI is InChI=1S/C8H14N2O4/c1-6(2)7(10(12)13)14-8(11)9-4-3-5-9/h6-7H,3-5H2,1-2H3. The Morgan fingerprint density at radius 2 is 2.07 bits per heavy atom. The van der Waals surface area contributed by atoms with E-state index in [4.69, 9.17) is 4.74 Å². The van der Waals surface area contributed by atoms with Crippen molar-refractivity contribution in [3.63, 3.8) is 0 Å². The molecule has 0 aromatic carbocycles. The van der Waals surface area contributed by atoms with Crippen molar-refractivity contribution < 1.29 is 14.5 Å². The highest BCUT2D eigenvalue weighted by molar-refractivity contribution is 5.68. The molecule has 80 valence electrons. The van der Waals surface area contributed by atoms with Crippen molar-refractivity contribution in [2.75, 3.05) is 13.1 Å². The van der Waals surface area contributed by atoms with E-state index < -0.39 is 17.2 Å². The van der Waals surface area contributed by atoms with Crippen molar-refractivity contribution in [1.29, 1.82) is 0 Å². The molecule has 1 amide bonds. The van der Waals surface area contributed by atoms with Crippen molar-refractivity contribution in [3.8, 4) is 0 Å². The summed E-state index contributed by atoms with van der Waals surface area (Å²) in [6.45, 7) is 4.58. The normalized spacial score (nSPS) is 17.5. The lowest BCUT2D eigenvalue weighted by molar-refractivity contribution is -0.576. The van der Waals surface area contributed by atoms with E-state index in [2.05, 4.69) is 0 Å². The van der Waals surface area contributed by atoms with Crippen LogP contribution >= 0.6 is 0 Å². The molecule has 0 aromatic heterocycles. The maximum absolute atomic E-state index is 11.2. The van der Waals surface area contributed by atoms with E-state index in [0.29, 0.717) is 13.1 Å². The molecule has 0 saturated carbocycles. The van der Waals surface area contributed by atoms with Gasteiger partial charge in [0.2, 0.25) is 0 Å². The fraction of sp³-hybridized carbons (Fsp3) is 0.875. The zero-order valence-corrected chi connectivity index (χ0v) is 8.30. The molecule has 0 aliphatic carbocycles. The maximum atomic E-state index is 11.2. The Labute approximate surface area is 82.0 Å². The molecule has 1 unspecified atom stereocenters. The van der Waals surface area contributed by atoms with E-state index in [-0.39, 0.29) is 5.92 Å². The van der Waals surface area contributed by atoms with Gasteiger partial charge in [-0.05, 0) is 6.42 Å². The first-order chi connectivity index (χ1) is 6.52. The Morgan fingerprint density at radius 3 is 2.36 bits per heavy atom. The van der Waals surface area contributed by atoms with Crippen LogP contribution in [0.1, 0.15) is 20.3 Å². The lowest BCUT2D eigenvalue weighted by atomic mass is 10.2. The molecular formula is C8H14N2O4. The molecule has 14 heavy (non-hydrogen) atoms. The summed E-state index contributed by atoms with van der Waals surface area (Å²) in [5.74, 6) is -0.310. The first kappa shape index (κ1) is 10.7. The third-order valence-corrected chi connectivity index (χ3v) is 2.11. The second-order valence-corrected chi connectivity index (χ2v) is 3.64. The van der Waals surface area contributed by atoms with Crippen LogP contribution in [0.2, 0.25) is 0 Å². The molecule has 6 heteroatoms. The van der Waals surface area contributed by atoms with Crippen LogP contribution in [0.4, 0.5) is 4.79 Å². The third kappa shape index (κ3) is 2.34. The van der Waals surface area contributed by atoms with E-state index in [1.54, 1.807) is 13.8 Å². The molecule has 1 saturated heterocycles. The van der Waals surface area contributed by atoms with Crippen LogP contribution in [0.25, 0.3) is 0 Å². The molecule has 1 aliphatic rings. The number of hydrogen-bond acceptors (Lipinski definition) is 4. The SMILES string of the molecule is CC(C)C(OC(=O)N1CCC1)[N+](=O)[O-]. The van der Waals surface area contributed by atoms with Crippen molar-refractivity contribution in [2.24, 2.45) is 5.92 Å². The van der Waals surface area contributed by atoms with Gasteiger partial charge in [-0.2, -0.15) is 0 Å². The largest absolute Gasteiger partial charge is 0.414 e. The molecule has 0 spiro atoms. The van der Waals surface area contributed by atoms with E-state index >= 15 is 0 Å².